The molecule has 2 N–H and O–H groups in total. The van der Waals surface area contributed by atoms with Crippen molar-refractivity contribution in [2.45, 2.75) is 109 Å². The zero-order valence-corrected chi connectivity index (χ0v) is 15.8. The number of ether oxygens (including phenoxy) is 3. The predicted molar refractivity (Wildman–Crippen MR) is 94.9 cm³/mol. The van der Waals surface area contributed by atoms with Crippen molar-refractivity contribution in [1.29, 1.82) is 0 Å². The van der Waals surface area contributed by atoms with Crippen LogP contribution in [-0.4, -0.2) is 54.6 Å². The molecule has 1 heterocycles. The molecule has 5 heteroatoms. The first-order valence-corrected chi connectivity index (χ1v) is 9.77. The molecule has 0 saturated carbocycles. The third-order valence-electron chi connectivity index (χ3n) is 4.82. The molecule has 5 nitrogen and oxygen atoms in total. The van der Waals surface area contributed by atoms with Crippen LogP contribution in [0.25, 0.3) is 0 Å². The maximum Gasteiger partial charge on any atom is 0.186 e. The van der Waals surface area contributed by atoms with Gasteiger partial charge in [0.25, 0.3) is 0 Å². The Balaban J connectivity index is 2.05. The molecule has 0 aromatic carbocycles. The van der Waals surface area contributed by atoms with E-state index in [1.165, 1.54) is 58.5 Å². The molecule has 1 aliphatic rings. The molecule has 0 aromatic rings. The summed E-state index contributed by atoms with van der Waals surface area (Å²) in [6, 6.07) is 0. The largest absolute Gasteiger partial charge is 0.388 e. The second kappa shape index (κ2) is 13.1. The van der Waals surface area contributed by atoms with Crippen LogP contribution in [0.5, 0.6) is 0 Å². The Morgan fingerprint density at radius 1 is 0.833 bits per heavy atom. The van der Waals surface area contributed by atoms with Gasteiger partial charge in [-0.25, -0.2) is 0 Å². The number of aliphatic hydroxyl groups excluding tert-OH is 2. The van der Waals surface area contributed by atoms with Crippen LogP contribution in [0.1, 0.15) is 78.1 Å². The van der Waals surface area contributed by atoms with Crippen molar-refractivity contribution in [2.75, 3.05) is 13.7 Å². The van der Waals surface area contributed by atoms with E-state index in [0.717, 1.165) is 12.8 Å². The zero-order valence-electron chi connectivity index (χ0n) is 15.8. The molecule has 0 spiro atoms. The van der Waals surface area contributed by atoms with Gasteiger partial charge in [-0.05, 0) is 13.3 Å². The molecule has 0 amide bonds. The van der Waals surface area contributed by atoms with Crippen LogP contribution in [-0.2, 0) is 14.2 Å². The van der Waals surface area contributed by atoms with Crippen molar-refractivity contribution in [3.05, 3.63) is 0 Å². The number of methoxy groups -OCH3 is 1. The van der Waals surface area contributed by atoms with E-state index in [2.05, 4.69) is 6.92 Å². The fourth-order valence-electron chi connectivity index (χ4n) is 3.18. The SMILES string of the molecule is CCCCCCCCCCCCOC1C(OC)OC(C)C(O)C1O. The van der Waals surface area contributed by atoms with Gasteiger partial charge in [-0.15, -0.1) is 0 Å². The molecule has 1 fully saturated rings. The van der Waals surface area contributed by atoms with E-state index in [-0.39, 0.29) is 0 Å². The van der Waals surface area contributed by atoms with E-state index in [0.29, 0.717) is 6.61 Å². The Bertz CT molecular complexity index is 297. The van der Waals surface area contributed by atoms with Crippen LogP contribution in [0, 0.1) is 0 Å². The Labute approximate surface area is 147 Å². The summed E-state index contributed by atoms with van der Waals surface area (Å²) in [5.74, 6) is 0. The van der Waals surface area contributed by atoms with Crippen molar-refractivity contribution < 1.29 is 24.4 Å². The number of hydrogen-bond donors (Lipinski definition) is 2. The quantitative estimate of drug-likeness (QED) is 0.500. The molecule has 0 bridgehead atoms. The molecule has 1 rings (SSSR count). The number of unbranched alkanes of at least 4 members (excludes halogenated alkanes) is 9. The van der Waals surface area contributed by atoms with Gasteiger partial charge >= 0.3 is 0 Å². The minimum atomic E-state index is -0.971. The van der Waals surface area contributed by atoms with Crippen LogP contribution < -0.4 is 0 Å². The van der Waals surface area contributed by atoms with Crippen LogP contribution in [0.2, 0.25) is 0 Å². The smallest absolute Gasteiger partial charge is 0.186 e. The van der Waals surface area contributed by atoms with Crippen LogP contribution in [0.4, 0.5) is 0 Å². The van der Waals surface area contributed by atoms with E-state index in [1.807, 2.05) is 0 Å². The van der Waals surface area contributed by atoms with Gasteiger partial charge in [-0.1, -0.05) is 64.7 Å². The lowest BCUT2D eigenvalue weighted by molar-refractivity contribution is -0.296. The molecule has 0 aliphatic carbocycles. The van der Waals surface area contributed by atoms with Gasteiger partial charge in [0.15, 0.2) is 6.29 Å². The van der Waals surface area contributed by atoms with Gasteiger partial charge in [-0.2, -0.15) is 0 Å². The molecular weight excluding hydrogens is 308 g/mol. The third-order valence-corrected chi connectivity index (χ3v) is 4.82. The van der Waals surface area contributed by atoms with Crippen molar-refractivity contribution >= 4 is 0 Å². The van der Waals surface area contributed by atoms with E-state index in [1.54, 1.807) is 6.92 Å². The summed E-state index contributed by atoms with van der Waals surface area (Å²) in [6.07, 6.45) is 9.10. The first kappa shape index (κ1) is 21.8. The van der Waals surface area contributed by atoms with Gasteiger partial charge in [0.1, 0.15) is 18.3 Å². The lowest BCUT2D eigenvalue weighted by Crippen LogP contribution is -2.58. The number of aliphatic hydroxyl groups is 2. The number of hydrogen-bond acceptors (Lipinski definition) is 5. The summed E-state index contributed by atoms with van der Waals surface area (Å²) >= 11 is 0. The number of rotatable bonds is 13. The van der Waals surface area contributed by atoms with Crippen LogP contribution in [0.3, 0.4) is 0 Å². The molecule has 24 heavy (non-hydrogen) atoms. The van der Waals surface area contributed by atoms with Gasteiger partial charge in [0.05, 0.1) is 6.10 Å². The molecule has 0 aromatic heterocycles. The van der Waals surface area contributed by atoms with Crippen molar-refractivity contribution in [1.82, 2.24) is 0 Å². The molecule has 1 saturated heterocycles. The van der Waals surface area contributed by atoms with Crippen molar-refractivity contribution in [2.24, 2.45) is 0 Å². The lowest BCUT2D eigenvalue weighted by atomic mass is 10.00. The molecule has 1 aliphatic heterocycles. The minimum Gasteiger partial charge on any atom is -0.388 e. The summed E-state index contributed by atoms with van der Waals surface area (Å²) < 4.78 is 16.5. The first-order valence-electron chi connectivity index (χ1n) is 9.77. The highest BCUT2D eigenvalue weighted by Crippen LogP contribution is 2.24. The lowest BCUT2D eigenvalue weighted by Gasteiger charge is -2.40. The normalized spacial score (nSPS) is 30.6. The maximum atomic E-state index is 10.1. The van der Waals surface area contributed by atoms with Gasteiger partial charge in [0, 0.05) is 13.7 Å². The summed E-state index contributed by atoms with van der Waals surface area (Å²) in [7, 11) is 1.53. The van der Waals surface area contributed by atoms with E-state index in [4.69, 9.17) is 14.2 Å². The Morgan fingerprint density at radius 3 is 1.92 bits per heavy atom. The van der Waals surface area contributed by atoms with Crippen LogP contribution in [0.15, 0.2) is 0 Å². The highest BCUT2D eigenvalue weighted by atomic mass is 16.7. The van der Waals surface area contributed by atoms with Gasteiger partial charge in [-0.3, -0.25) is 0 Å². The van der Waals surface area contributed by atoms with Gasteiger partial charge in [0.2, 0.25) is 0 Å². The summed E-state index contributed by atoms with van der Waals surface area (Å²) in [4.78, 5) is 0. The van der Waals surface area contributed by atoms with E-state index in [9.17, 15) is 10.2 Å². The van der Waals surface area contributed by atoms with Crippen molar-refractivity contribution in [3.63, 3.8) is 0 Å². The standard InChI is InChI=1S/C19H38O5/c1-4-5-6-7-8-9-10-11-12-13-14-23-18-17(21)16(20)15(2)24-19(18)22-3/h15-21H,4-14H2,1-3H3. The Kier molecular flexibility index (Phi) is 11.9. The van der Waals surface area contributed by atoms with Gasteiger partial charge < -0.3 is 24.4 Å². The molecule has 5 unspecified atom stereocenters. The highest BCUT2D eigenvalue weighted by Gasteiger charge is 2.43. The highest BCUT2D eigenvalue weighted by molar-refractivity contribution is 4.88. The van der Waals surface area contributed by atoms with Crippen LogP contribution >= 0.6 is 0 Å². The monoisotopic (exact) mass is 346 g/mol. The molecule has 144 valence electrons. The van der Waals surface area contributed by atoms with Crippen molar-refractivity contribution in [3.8, 4) is 0 Å². The fraction of sp³-hybridized carbons (Fsp3) is 1.00. The summed E-state index contributed by atoms with van der Waals surface area (Å²) in [5, 5.41) is 20.0. The summed E-state index contributed by atoms with van der Waals surface area (Å²) in [5.41, 5.74) is 0. The second-order valence-corrected chi connectivity index (χ2v) is 6.94. The summed E-state index contributed by atoms with van der Waals surface area (Å²) in [6.45, 7) is 4.53. The average molecular weight is 347 g/mol. The molecule has 5 atom stereocenters. The maximum absolute atomic E-state index is 10.1. The average Bonchev–Trinajstić information content (AvgIpc) is 2.59. The predicted octanol–water partition coefficient (Wildman–Crippen LogP) is 3.41. The Hall–Kier alpha value is -0.200. The molecular formula is C19H38O5. The topological polar surface area (TPSA) is 68.2 Å². The third kappa shape index (κ3) is 7.79. The second-order valence-electron chi connectivity index (χ2n) is 6.94. The van der Waals surface area contributed by atoms with E-state index < -0.39 is 30.7 Å². The first-order chi connectivity index (χ1) is 11.6. The minimum absolute atomic E-state index is 0.456. The zero-order chi connectivity index (χ0) is 17.8. The van der Waals surface area contributed by atoms with E-state index >= 15 is 0 Å². The Morgan fingerprint density at radius 2 is 1.38 bits per heavy atom. The molecule has 0 radical (unpaired) electrons. The fourth-order valence-corrected chi connectivity index (χ4v) is 3.18.